The molecule has 0 spiro atoms. The smallest absolute Gasteiger partial charge is 0.375 e. The first-order valence-electron chi connectivity index (χ1n) is 6.67. The molecule has 1 atom stereocenters. The van der Waals surface area contributed by atoms with E-state index >= 15 is 0 Å². The summed E-state index contributed by atoms with van der Waals surface area (Å²) in [4.78, 5) is -0.220. The molecule has 2 aromatic rings. The SMILES string of the molecule is O=S(=O)(NC[C@](O)(c1ccccc1)C(F)(F)F)c1ccccc1Br. The van der Waals surface area contributed by atoms with Gasteiger partial charge in [0.15, 0.2) is 5.60 Å². The van der Waals surface area contributed by atoms with Crippen molar-refractivity contribution in [3.8, 4) is 0 Å². The molecule has 0 saturated carbocycles. The second-order valence-electron chi connectivity index (χ2n) is 4.98. The van der Waals surface area contributed by atoms with Gasteiger partial charge >= 0.3 is 6.18 Å². The van der Waals surface area contributed by atoms with E-state index in [1.807, 2.05) is 4.72 Å². The minimum absolute atomic E-state index is 0.202. The first-order valence-corrected chi connectivity index (χ1v) is 8.94. The van der Waals surface area contributed by atoms with Crippen molar-refractivity contribution < 1.29 is 26.7 Å². The van der Waals surface area contributed by atoms with E-state index in [9.17, 15) is 26.7 Å². The molecule has 4 nitrogen and oxygen atoms in total. The van der Waals surface area contributed by atoms with Gasteiger partial charge in [-0.1, -0.05) is 42.5 Å². The summed E-state index contributed by atoms with van der Waals surface area (Å²) < 4.78 is 66.6. The van der Waals surface area contributed by atoms with Crippen LogP contribution in [0.5, 0.6) is 0 Å². The number of benzene rings is 2. The van der Waals surface area contributed by atoms with E-state index in [-0.39, 0.29) is 9.37 Å². The van der Waals surface area contributed by atoms with E-state index in [1.54, 1.807) is 6.07 Å². The molecule has 0 aliphatic rings. The van der Waals surface area contributed by atoms with E-state index in [0.717, 1.165) is 12.1 Å². The molecular formula is C15H13BrF3NO3S. The number of sulfonamides is 1. The van der Waals surface area contributed by atoms with Crippen LogP contribution in [0.4, 0.5) is 13.2 Å². The second-order valence-corrected chi connectivity index (χ2v) is 7.57. The van der Waals surface area contributed by atoms with Gasteiger partial charge in [0.05, 0.1) is 11.4 Å². The molecule has 0 amide bonds. The Bertz CT molecular complexity index is 812. The molecule has 0 fully saturated rings. The van der Waals surface area contributed by atoms with Crippen LogP contribution in [0.3, 0.4) is 0 Å². The van der Waals surface area contributed by atoms with Crippen LogP contribution in [0.25, 0.3) is 0 Å². The molecule has 0 saturated heterocycles. The maximum Gasteiger partial charge on any atom is 0.422 e. The molecule has 2 N–H and O–H groups in total. The van der Waals surface area contributed by atoms with Gasteiger partial charge in [-0.15, -0.1) is 0 Å². The van der Waals surface area contributed by atoms with Crippen molar-refractivity contribution in [1.82, 2.24) is 4.72 Å². The monoisotopic (exact) mass is 423 g/mol. The summed E-state index contributed by atoms with van der Waals surface area (Å²) in [6, 6.07) is 12.0. The number of hydrogen-bond acceptors (Lipinski definition) is 3. The Morgan fingerprint density at radius 1 is 1.00 bits per heavy atom. The van der Waals surface area contributed by atoms with Crippen LogP contribution >= 0.6 is 15.9 Å². The van der Waals surface area contributed by atoms with E-state index in [4.69, 9.17) is 0 Å². The molecule has 0 aliphatic heterocycles. The van der Waals surface area contributed by atoms with Gasteiger partial charge in [0.2, 0.25) is 10.0 Å². The Kier molecular flexibility index (Phi) is 5.38. The van der Waals surface area contributed by atoms with Gasteiger partial charge in [0, 0.05) is 4.47 Å². The average Bonchev–Trinajstić information content (AvgIpc) is 2.52. The molecule has 2 rings (SSSR count). The fraction of sp³-hybridized carbons (Fsp3) is 0.200. The van der Waals surface area contributed by atoms with Crippen LogP contribution in [0.1, 0.15) is 5.56 Å². The third-order valence-electron chi connectivity index (χ3n) is 3.36. The zero-order valence-corrected chi connectivity index (χ0v) is 14.5. The fourth-order valence-corrected chi connectivity index (χ4v) is 4.08. The summed E-state index contributed by atoms with van der Waals surface area (Å²) >= 11 is 3.03. The zero-order chi connectivity index (χ0) is 18.0. The highest BCUT2D eigenvalue weighted by Gasteiger charge is 2.55. The van der Waals surface area contributed by atoms with Gasteiger partial charge in [-0.25, -0.2) is 13.1 Å². The van der Waals surface area contributed by atoms with Crippen LogP contribution in [-0.2, 0) is 15.6 Å². The summed E-state index contributed by atoms with van der Waals surface area (Å²) in [5.41, 5.74) is -3.80. The van der Waals surface area contributed by atoms with Crippen molar-refractivity contribution in [1.29, 1.82) is 0 Å². The lowest BCUT2D eigenvalue weighted by molar-refractivity contribution is -0.263. The summed E-state index contributed by atoms with van der Waals surface area (Å²) in [6.07, 6.45) is -5.06. The molecule has 0 aliphatic carbocycles. The van der Waals surface area contributed by atoms with Gasteiger partial charge in [0.1, 0.15) is 0 Å². The van der Waals surface area contributed by atoms with Gasteiger partial charge in [-0.05, 0) is 33.6 Å². The van der Waals surface area contributed by atoms with Crippen molar-refractivity contribution in [2.24, 2.45) is 0 Å². The van der Waals surface area contributed by atoms with Crippen molar-refractivity contribution in [3.05, 3.63) is 64.6 Å². The summed E-state index contributed by atoms with van der Waals surface area (Å²) in [5.74, 6) is 0. The molecule has 9 heteroatoms. The average molecular weight is 424 g/mol. The van der Waals surface area contributed by atoms with E-state index in [0.29, 0.717) is 0 Å². The third kappa shape index (κ3) is 3.80. The largest absolute Gasteiger partial charge is 0.422 e. The maximum atomic E-state index is 13.4. The Hall–Kier alpha value is -1.42. The fourth-order valence-electron chi connectivity index (χ4n) is 2.02. The van der Waals surface area contributed by atoms with Crippen LogP contribution < -0.4 is 4.72 Å². The summed E-state index contributed by atoms with van der Waals surface area (Å²) in [7, 11) is -4.25. The third-order valence-corrected chi connectivity index (χ3v) is 5.78. The summed E-state index contributed by atoms with van der Waals surface area (Å²) in [6.45, 7) is -1.25. The quantitative estimate of drug-likeness (QED) is 0.775. The Balaban J connectivity index is 2.35. The highest BCUT2D eigenvalue weighted by atomic mass is 79.9. The molecule has 0 aromatic heterocycles. The lowest BCUT2D eigenvalue weighted by atomic mass is 9.93. The molecule has 0 radical (unpaired) electrons. The van der Waals surface area contributed by atoms with Crippen molar-refractivity contribution >= 4 is 26.0 Å². The van der Waals surface area contributed by atoms with Gasteiger partial charge in [-0.2, -0.15) is 13.2 Å². The number of rotatable bonds is 5. The predicted octanol–water partition coefficient (Wildman–Crippen LogP) is 3.18. The van der Waals surface area contributed by atoms with Gasteiger partial charge in [-0.3, -0.25) is 0 Å². The van der Waals surface area contributed by atoms with Crippen LogP contribution in [-0.4, -0.2) is 26.2 Å². The normalized spacial score (nSPS) is 15.0. The Labute approximate surface area is 145 Å². The first kappa shape index (κ1) is 18.9. The molecule has 130 valence electrons. The van der Waals surface area contributed by atoms with E-state index in [2.05, 4.69) is 15.9 Å². The van der Waals surface area contributed by atoms with Crippen LogP contribution in [0.2, 0.25) is 0 Å². The van der Waals surface area contributed by atoms with E-state index < -0.39 is 33.9 Å². The summed E-state index contributed by atoms with van der Waals surface area (Å²) in [5, 5.41) is 10.1. The highest BCUT2D eigenvalue weighted by molar-refractivity contribution is 9.10. The number of aliphatic hydroxyl groups is 1. The zero-order valence-electron chi connectivity index (χ0n) is 12.1. The van der Waals surface area contributed by atoms with Crippen LogP contribution in [0, 0.1) is 0 Å². The molecule has 0 heterocycles. The van der Waals surface area contributed by atoms with Gasteiger partial charge in [0.25, 0.3) is 0 Å². The Morgan fingerprint density at radius 3 is 2.08 bits per heavy atom. The maximum absolute atomic E-state index is 13.4. The number of hydrogen-bond donors (Lipinski definition) is 2. The molecule has 0 bridgehead atoms. The lowest BCUT2D eigenvalue weighted by Crippen LogP contribution is -2.51. The lowest BCUT2D eigenvalue weighted by Gasteiger charge is -2.31. The van der Waals surface area contributed by atoms with E-state index in [1.165, 1.54) is 36.4 Å². The van der Waals surface area contributed by atoms with Gasteiger partial charge < -0.3 is 5.11 Å². The molecule has 2 aromatic carbocycles. The standard InChI is InChI=1S/C15H13BrF3NO3S/c16-12-8-4-5-9-13(12)24(22,23)20-10-14(21,15(17,18)19)11-6-2-1-3-7-11/h1-9,20-21H,10H2/t14-/m0/s1. The minimum atomic E-state index is -5.06. The minimum Gasteiger partial charge on any atom is -0.375 e. The van der Waals surface area contributed by atoms with Crippen molar-refractivity contribution in [3.63, 3.8) is 0 Å². The van der Waals surface area contributed by atoms with Crippen molar-refractivity contribution in [2.75, 3.05) is 6.54 Å². The Morgan fingerprint density at radius 2 is 1.54 bits per heavy atom. The molecule has 24 heavy (non-hydrogen) atoms. The topological polar surface area (TPSA) is 66.4 Å². The molecular weight excluding hydrogens is 411 g/mol. The predicted molar refractivity (Wildman–Crippen MR) is 85.7 cm³/mol. The first-order chi connectivity index (χ1) is 11.1. The number of nitrogens with one attached hydrogen (secondary N) is 1. The molecule has 0 unspecified atom stereocenters. The van der Waals surface area contributed by atoms with Crippen LogP contribution in [0.15, 0.2) is 64.0 Å². The highest BCUT2D eigenvalue weighted by Crippen LogP contribution is 2.38. The number of halogens is 4. The second kappa shape index (κ2) is 6.83. The van der Waals surface area contributed by atoms with Crippen molar-refractivity contribution in [2.45, 2.75) is 16.7 Å². The number of alkyl halides is 3.